The Morgan fingerprint density at radius 2 is 2.33 bits per heavy atom. The molecule has 0 saturated heterocycles. The van der Waals surface area contributed by atoms with Crippen molar-refractivity contribution in [2.45, 2.75) is 12.8 Å². The number of nitrogen functional groups attached to an aromatic ring is 1. The predicted octanol–water partition coefficient (Wildman–Crippen LogP) is 1.18. The number of rotatable bonds is 7. The monoisotopic (exact) mass is 272 g/mol. The summed E-state index contributed by atoms with van der Waals surface area (Å²) in [7, 11) is 1.65. The molecule has 18 heavy (non-hydrogen) atoms. The maximum absolute atomic E-state index is 11.7. The molecule has 0 aliphatic rings. The van der Waals surface area contributed by atoms with E-state index in [-0.39, 0.29) is 5.91 Å². The molecule has 0 radical (unpaired) electrons. The van der Waals surface area contributed by atoms with Crippen molar-refractivity contribution in [3.8, 4) is 0 Å². The van der Waals surface area contributed by atoms with Crippen LogP contribution in [0, 0.1) is 0 Å². The molecule has 0 spiro atoms. The molecule has 1 aromatic rings. The quantitative estimate of drug-likeness (QED) is 0.394. The van der Waals surface area contributed by atoms with Gasteiger partial charge in [-0.3, -0.25) is 4.79 Å². The van der Waals surface area contributed by atoms with Gasteiger partial charge in [-0.05, 0) is 18.9 Å². The standard InChI is InChI=1S/C11H17ClN4O2/c1-18-5-3-2-4-14-11(17)8-6-9(12)10(16-13)15-7-8/h6-7H,2-5,13H2,1H3,(H,14,17)(H,15,16). The summed E-state index contributed by atoms with van der Waals surface area (Å²) < 4.78 is 4.92. The van der Waals surface area contributed by atoms with Gasteiger partial charge in [0.1, 0.15) is 0 Å². The first kappa shape index (κ1) is 14.7. The number of halogens is 1. The Balaban J connectivity index is 2.44. The highest BCUT2D eigenvalue weighted by Crippen LogP contribution is 2.18. The number of carbonyl (C=O) groups is 1. The van der Waals surface area contributed by atoms with Gasteiger partial charge in [-0.2, -0.15) is 0 Å². The van der Waals surface area contributed by atoms with Crippen molar-refractivity contribution < 1.29 is 9.53 Å². The van der Waals surface area contributed by atoms with Crippen LogP contribution in [-0.2, 0) is 4.74 Å². The molecule has 0 aliphatic carbocycles. The molecule has 0 atom stereocenters. The van der Waals surface area contributed by atoms with E-state index in [1.807, 2.05) is 0 Å². The van der Waals surface area contributed by atoms with Gasteiger partial charge in [0.2, 0.25) is 0 Å². The number of amides is 1. The smallest absolute Gasteiger partial charge is 0.252 e. The van der Waals surface area contributed by atoms with E-state index in [0.717, 1.165) is 12.8 Å². The van der Waals surface area contributed by atoms with E-state index in [1.54, 1.807) is 7.11 Å². The average molecular weight is 273 g/mol. The van der Waals surface area contributed by atoms with Crippen LogP contribution in [0.2, 0.25) is 5.02 Å². The lowest BCUT2D eigenvalue weighted by atomic mass is 10.2. The summed E-state index contributed by atoms with van der Waals surface area (Å²) in [4.78, 5) is 15.7. The van der Waals surface area contributed by atoms with E-state index in [1.165, 1.54) is 12.3 Å². The van der Waals surface area contributed by atoms with Gasteiger partial charge in [0.15, 0.2) is 5.82 Å². The number of pyridine rings is 1. The van der Waals surface area contributed by atoms with Crippen molar-refractivity contribution in [2.75, 3.05) is 25.7 Å². The number of nitrogens with two attached hydrogens (primary N) is 1. The summed E-state index contributed by atoms with van der Waals surface area (Å²) in [5.41, 5.74) is 2.75. The minimum atomic E-state index is -0.203. The van der Waals surface area contributed by atoms with Gasteiger partial charge in [-0.25, -0.2) is 10.8 Å². The Labute approximate surface area is 111 Å². The number of methoxy groups -OCH3 is 1. The summed E-state index contributed by atoms with van der Waals surface area (Å²) in [6.45, 7) is 1.29. The number of hydrazine groups is 1. The molecule has 0 bridgehead atoms. The zero-order valence-corrected chi connectivity index (χ0v) is 11.0. The number of carbonyl (C=O) groups excluding carboxylic acids is 1. The highest BCUT2D eigenvalue weighted by Gasteiger charge is 2.08. The van der Waals surface area contributed by atoms with E-state index >= 15 is 0 Å². The van der Waals surface area contributed by atoms with Crippen LogP contribution < -0.4 is 16.6 Å². The summed E-state index contributed by atoms with van der Waals surface area (Å²) in [6, 6.07) is 1.52. The highest BCUT2D eigenvalue weighted by molar-refractivity contribution is 6.33. The van der Waals surface area contributed by atoms with E-state index < -0.39 is 0 Å². The average Bonchev–Trinajstić information content (AvgIpc) is 2.38. The van der Waals surface area contributed by atoms with Crippen LogP contribution in [0.1, 0.15) is 23.2 Å². The summed E-state index contributed by atoms with van der Waals surface area (Å²) in [5.74, 6) is 5.33. The lowest BCUT2D eigenvalue weighted by Crippen LogP contribution is -2.25. The third kappa shape index (κ3) is 4.48. The first-order chi connectivity index (χ1) is 8.69. The molecule has 6 nitrogen and oxygen atoms in total. The molecule has 0 unspecified atom stereocenters. The van der Waals surface area contributed by atoms with Gasteiger partial charge < -0.3 is 15.5 Å². The van der Waals surface area contributed by atoms with Gasteiger partial charge in [0, 0.05) is 26.5 Å². The maximum atomic E-state index is 11.7. The normalized spacial score (nSPS) is 10.2. The molecule has 1 heterocycles. The van der Waals surface area contributed by atoms with Crippen molar-refractivity contribution in [1.82, 2.24) is 10.3 Å². The van der Waals surface area contributed by atoms with E-state index in [9.17, 15) is 4.79 Å². The zero-order valence-electron chi connectivity index (χ0n) is 10.2. The summed E-state index contributed by atoms with van der Waals surface area (Å²) in [5, 5.41) is 3.09. The Morgan fingerprint density at radius 3 is 2.94 bits per heavy atom. The minimum Gasteiger partial charge on any atom is -0.385 e. The van der Waals surface area contributed by atoms with Crippen LogP contribution in [0.3, 0.4) is 0 Å². The first-order valence-electron chi connectivity index (χ1n) is 5.58. The lowest BCUT2D eigenvalue weighted by molar-refractivity contribution is 0.0951. The number of aromatic nitrogens is 1. The summed E-state index contributed by atoms with van der Waals surface area (Å²) >= 11 is 5.87. The van der Waals surface area contributed by atoms with Crippen molar-refractivity contribution >= 4 is 23.3 Å². The number of unbranched alkanes of at least 4 members (excludes halogenated alkanes) is 1. The Morgan fingerprint density at radius 1 is 1.56 bits per heavy atom. The molecule has 7 heteroatoms. The number of anilines is 1. The zero-order chi connectivity index (χ0) is 13.4. The van der Waals surface area contributed by atoms with Crippen LogP contribution in [0.15, 0.2) is 12.3 Å². The Bertz CT molecular complexity index is 401. The van der Waals surface area contributed by atoms with Gasteiger partial charge in [-0.1, -0.05) is 11.6 Å². The second kappa shape index (κ2) is 7.86. The van der Waals surface area contributed by atoms with Crippen molar-refractivity contribution in [2.24, 2.45) is 5.84 Å². The first-order valence-corrected chi connectivity index (χ1v) is 5.96. The lowest BCUT2D eigenvalue weighted by Gasteiger charge is -2.07. The van der Waals surface area contributed by atoms with Crippen molar-refractivity contribution in [3.05, 3.63) is 22.8 Å². The third-order valence-corrected chi connectivity index (χ3v) is 2.59. The Kier molecular flexibility index (Phi) is 6.42. The van der Waals surface area contributed by atoms with Crippen molar-refractivity contribution in [3.63, 3.8) is 0 Å². The molecular formula is C11H17ClN4O2. The van der Waals surface area contributed by atoms with E-state index in [0.29, 0.717) is 29.6 Å². The second-order valence-corrected chi connectivity index (χ2v) is 4.06. The van der Waals surface area contributed by atoms with Gasteiger partial charge in [0.25, 0.3) is 5.91 Å². The van der Waals surface area contributed by atoms with Gasteiger partial charge in [0.05, 0.1) is 10.6 Å². The molecule has 1 rings (SSSR count). The molecule has 0 aliphatic heterocycles. The van der Waals surface area contributed by atoms with E-state index in [4.69, 9.17) is 22.2 Å². The summed E-state index contributed by atoms with van der Waals surface area (Å²) in [6.07, 6.45) is 3.19. The molecule has 0 aromatic carbocycles. The fourth-order valence-corrected chi connectivity index (χ4v) is 1.56. The van der Waals surface area contributed by atoms with E-state index in [2.05, 4.69) is 15.7 Å². The molecule has 100 valence electrons. The van der Waals surface area contributed by atoms with Crippen LogP contribution in [0.4, 0.5) is 5.82 Å². The SMILES string of the molecule is COCCCCNC(=O)c1cnc(NN)c(Cl)c1. The number of ether oxygens (including phenoxy) is 1. The number of nitrogens with zero attached hydrogens (tertiary/aromatic N) is 1. The second-order valence-electron chi connectivity index (χ2n) is 3.65. The minimum absolute atomic E-state index is 0.203. The van der Waals surface area contributed by atoms with Gasteiger partial charge >= 0.3 is 0 Å². The van der Waals surface area contributed by atoms with Crippen LogP contribution >= 0.6 is 11.6 Å². The number of hydrogen-bond donors (Lipinski definition) is 3. The molecule has 4 N–H and O–H groups in total. The molecular weight excluding hydrogens is 256 g/mol. The fraction of sp³-hybridized carbons (Fsp3) is 0.455. The highest BCUT2D eigenvalue weighted by atomic mass is 35.5. The topological polar surface area (TPSA) is 89.3 Å². The van der Waals surface area contributed by atoms with Crippen LogP contribution in [0.25, 0.3) is 0 Å². The van der Waals surface area contributed by atoms with Gasteiger partial charge in [-0.15, -0.1) is 0 Å². The van der Waals surface area contributed by atoms with Crippen LogP contribution in [0.5, 0.6) is 0 Å². The molecule has 0 saturated carbocycles. The largest absolute Gasteiger partial charge is 0.385 e. The number of hydrogen-bond acceptors (Lipinski definition) is 5. The number of nitrogens with one attached hydrogen (secondary N) is 2. The Hall–Kier alpha value is -1.37. The van der Waals surface area contributed by atoms with Crippen molar-refractivity contribution in [1.29, 1.82) is 0 Å². The third-order valence-electron chi connectivity index (χ3n) is 2.30. The molecule has 1 aromatic heterocycles. The molecule has 1 amide bonds. The maximum Gasteiger partial charge on any atom is 0.252 e. The molecule has 0 fully saturated rings. The predicted molar refractivity (Wildman–Crippen MR) is 70.5 cm³/mol. The van der Waals surface area contributed by atoms with Crippen LogP contribution in [-0.4, -0.2) is 31.2 Å². The fourth-order valence-electron chi connectivity index (χ4n) is 1.34.